The van der Waals surface area contributed by atoms with E-state index in [1.807, 2.05) is 10.9 Å². The highest BCUT2D eigenvalue weighted by Gasteiger charge is 2.34. The van der Waals surface area contributed by atoms with E-state index in [0.717, 1.165) is 30.8 Å². The quantitative estimate of drug-likeness (QED) is 0.786. The number of hydrogen-bond acceptors (Lipinski definition) is 5. The van der Waals surface area contributed by atoms with E-state index in [4.69, 9.17) is 9.47 Å². The van der Waals surface area contributed by atoms with Crippen LogP contribution in [-0.4, -0.2) is 47.6 Å². The van der Waals surface area contributed by atoms with Gasteiger partial charge in [0.15, 0.2) is 6.29 Å². The van der Waals surface area contributed by atoms with E-state index in [1.54, 1.807) is 0 Å². The van der Waals surface area contributed by atoms with Crippen molar-refractivity contribution in [1.29, 1.82) is 0 Å². The van der Waals surface area contributed by atoms with Crippen LogP contribution in [0.2, 0.25) is 0 Å². The number of benzene rings is 1. The van der Waals surface area contributed by atoms with Crippen LogP contribution in [0.1, 0.15) is 40.2 Å². The van der Waals surface area contributed by atoms with E-state index >= 15 is 0 Å². The number of nitrogens with zero attached hydrogens (tertiary/aromatic N) is 4. The Morgan fingerprint density at radius 2 is 1.79 bits per heavy atom. The van der Waals surface area contributed by atoms with Gasteiger partial charge in [-0.3, -0.25) is 0 Å². The van der Waals surface area contributed by atoms with Gasteiger partial charge in [0.1, 0.15) is 5.69 Å². The van der Waals surface area contributed by atoms with E-state index < -0.39 is 0 Å². The first kappa shape index (κ1) is 19.4. The second-order valence-electron chi connectivity index (χ2n) is 9.76. The standard InChI is InChI=1S/C22H32N4O2/c1-6-16-9-17(25-12-21(2,3)13-25)7-8-18(16)19-10-26(24-23-19)11-20-27-14-22(4,5)15-28-20/h7-10,20H,6,11-15H2,1-5H3. The minimum atomic E-state index is -0.259. The van der Waals surface area contributed by atoms with Crippen molar-refractivity contribution in [3.8, 4) is 11.3 Å². The van der Waals surface area contributed by atoms with Gasteiger partial charge < -0.3 is 14.4 Å². The maximum atomic E-state index is 5.82. The zero-order chi connectivity index (χ0) is 19.9. The smallest absolute Gasteiger partial charge is 0.177 e. The molecule has 2 aliphatic heterocycles. The fourth-order valence-corrected chi connectivity index (χ4v) is 3.98. The van der Waals surface area contributed by atoms with Gasteiger partial charge in [-0.1, -0.05) is 45.9 Å². The van der Waals surface area contributed by atoms with Crippen molar-refractivity contribution >= 4 is 5.69 Å². The highest BCUT2D eigenvalue weighted by molar-refractivity contribution is 5.67. The number of ether oxygens (including phenoxy) is 2. The molecule has 0 aliphatic carbocycles. The van der Waals surface area contributed by atoms with Gasteiger partial charge in [0, 0.05) is 29.8 Å². The van der Waals surface area contributed by atoms with Crippen LogP contribution in [0.5, 0.6) is 0 Å². The Hall–Kier alpha value is -1.92. The van der Waals surface area contributed by atoms with Crippen LogP contribution in [0.15, 0.2) is 24.4 Å². The first-order valence-electron chi connectivity index (χ1n) is 10.3. The van der Waals surface area contributed by atoms with E-state index in [9.17, 15) is 0 Å². The molecule has 0 atom stereocenters. The van der Waals surface area contributed by atoms with Crippen LogP contribution in [0.25, 0.3) is 11.3 Å². The summed E-state index contributed by atoms with van der Waals surface area (Å²) in [5, 5.41) is 8.71. The highest BCUT2D eigenvalue weighted by Crippen LogP contribution is 2.35. The van der Waals surface area contributed by atoms with E-state index in [1.165, 1.54) is 11.3 Å². The molecule has 0 unspecified atom stereocenters. The lowest BCUT2D eigenvalue weighted by Crippen LogP contribution is -2.53. The molecule has 2 aromatic rings. The Bertz CT molecular complexity index is 825. The van der Waals surface area contributed by atoms with Gasteiger partial charge in [-0.2, -0.15) is 0 Å². The van der Waals surface area contributed by atoms with E-state index in [0.29, 0.717) is 25.2 Å². The summed E-state index contributed by atoms with van der Waals surface area (Å²) in [5.41, 5.74) is 5.17. The molecule has 6 nitrogen and oxygen atoms in total. The number of hydrogen-bond donors (Lipinski definition) is 0. The second kappa shape index (κ2) is 7.16. The Labute approximate surface area is 167 Å². The molecule has 0 bridgehead atoms. The lowest BCUT2D eigenvalue weighted by atomic mass is 9.84. The topological polar surface area (TPSA) is 52.4 Å². The van der Waals surface area contributed by atoms with Crippen molar-refractivity contribution in [2.75, 3.05) is 31.2 Å². The first-order chi connectivity index (χ1) is 13.2. The molecule has 0 amide bonds. The monoisotopic (exact) mass is 384 g/mol. The lowest BCUT2D eigenvalue weighted by Gasteiger charge is -2.47. The van der Waals surface area contributed by atoms with Crippen molar-refractivity contribution in [2.24, 2.45) is 10.8 Å². The molecule has 2 aliphatic rings. The molecule has 28 heavy (non-hydrogen) atoms. The van der Waals surface area contributed by atoms with E-state index in [2.05, 4.69) is 68.0 Å². The highest BCUT2D eigenvalue weighted by atomic mass is 16.7. The molecule has 0 saturated carbocycles. The Morgan fingerprint density at radius 1 is 1.07 bits per heavy atom. The van der Waals surface area contributed by atoms with Gasteiger partial charge in [-0.15, -0.1) is 5.10 Å². The third-order valence-electron chi connectivity index (χ3n) is 5.54. The van der Waals surface area contributed by atoms with Crippen LogP contribution in [0, 0.1) is 10.8 Å². The van der Waals surface area contributed by atoms with Crippen LogP contribution in [0.4, 0.5) is 5.69 Å². The fraction of sp³-hybridized carbons (Fsp3) is 0.636. The second-order valence-corrected chi connectivity index (χ2v) is 9.76. The third-order valence-corrected chi connectivity index (χ3v) is 5.54. The molecular weight excluding hydrogens is 352 g/mol. The average Bonchev–Trinajstić information content (AvgIpc) is 3.09. The summed E-state index contributed by atoms with van der Waals surface area (Å²) in [7, 11) is 0. The van der Waals surface area contributed by atoms with E-state index in [-0.39, 0.29) is 11.7 Å². The molecule has 2 fully saturated rings. The minimum Gasteiger partial charge on any atom is -0.370 e. The van der Waals surface area contributed by atoms with Crippen LogP contribution < -0.4 is 4.90 Å². The number of aryl methyl sites for hydroxylation is 1. The van der Waals surface area contributed by atoms with Crippen molar-refractivity contribution in [3.63, 3.8) is 0 Å². The van der Waals surface area contributed by atoms with Crippen LogP contribution in [0.3, 0.4) is 0 Å². The number of anilines is 1. The van der Waals surface area contributed by atoms with Crippen molar-refractivity contribution in [1.82, 2.24) is 15.0 Å². The zero-order valence-electron chi connectivity index (χ0n) is 17.7. The predicted octanol–water partition coefficient (Wildman–Crippen LogP) is 3.75. The minimum absolute atomic E-state index is 0.0769. The molecule has 152 valence electrons. The van der Waals surface area contributed by atoms with Gasteiger partial charge >= 0.3 is 0 Å². The van der Waals surface area contributed by atoms with Gasteiger partial charge in [-0.25, -0.2) is 4.68 Å². The lowest BCUT2D eigenvalue weighted by molar-refractivity contribution is -0.227. The van der Waals surface area contributed by atoms with Gasteiger partial charge in [0.05, 0.1) is 26.0 Å². The molecule has 3 heterocycles. The molecule has 6 heteroatoms. The molecule has 0 radical (unpaired) electrons. The Kier molecular flexibility index (Phi) is 4.96. The summed E-state index contributed by atoms with van der Waals surface area (Å²) in [4.78, 5) is 2.44. The zero-order valence-corrected chi connectivity index (χ0v) is 17.7. The molecule has 1 aromatic carbocycles. The fourth-order valence-electron chi connectivity index (χ4n) is 3.98. The van der Waals surface area contributed by atoms with Crippen LogP contribution in [-0.2, 0) is 22.4 Å². The average molecular weight is 385 g/mol. The molecule has 4 rings (SSSR count). The molecule has 0 spiro atoms. The van der Waals surface area contributed by atoms with Gasteiger partial charge in [0.25, 0.3) is 0 Å². The van der Waals surface area contributed by atoms with Crippen molar-refractivity contribution in [3.05, 3.63) is 30.0 Å². The van der Waals surface area contributed by atoms with Crippen LogP contribution >= 0.6 is 0 Å². The maximum absolute atomic E-state index is 5.82. The molecular formula is C22H32N4O2. The summed E-state index contributed by atoms with van der Waals surface area (Å²) in [6, 6.07) is 6.70. The SMILES string of the molecule is CCc1cc(N2CC(C)(C)C2)ccc1-c1cn(CC2OCC(C)(C)CO2)nn1. The summed E-state index contributed by atoms with van der Waals surface area (Å²) >= 11 is 0. The van der Waals surface area contributed by atoms with Crippen molar-refractivity contribution < 1.29 is 9.47 Å². The first-order valence-corrected chi connectivity index (χ1v) is 10.3. The van der Waals surface area contributed by atoms with Crippen molar-refractivity contribution in [2.45, 2.75) is 53.9 Å². The Balaban J connectivity index is 1.46. The number of aromatic nitrogens is 3. The van der Waals surface area contributed by atoms with Gasteiger partial charge in [-0.05, 0) is 29.5 Å². The third kappa shape index (κ3) is 4.08. The number of rotatable bonds is 5. The predicted molar refractivity (Wildman–Crippen MR) is 110 cm³/mol. The summed E-state index contributed by atoms with van der Waals surface area (Å²) in [5.74, 6) is 0. The molecule has 2 saturated heterocycles. The summed E-state index contributed by atoms with van der Waals surface area (Å²) in [6.45, 7) is 15.3. The summed E-state index contributed by atoms with van der Waals surface area (Å²) in [6.07, 6.45) is 2.70. The normalized spacial score (nSPS) is 21.5. The molecule has 0 N–H and O–H groups in total. The summed E-state index contributed by atoms with van der Waals surface area (Å²) < 4.78 is 13.5. The van der Waals surface area contributed by atoms with Gasteiger partial charge in [0.2, 0.25) is 0 Å². The maximum Gasteiger partial charge on any atom is 0.177 e. The molecule has 1 aromatic heterocycles. The Morgan fingerprint density at radius 3 is 2.43 bits per heavy atom. The largest absolute Gasteiger partial charge is 0.370 e.